The molecule has 0 spiro atoms. The van der Waals surface area contributed by atoms with E-state index in [2.05, 4.69) is 47.5 Å². The van der Waals surface area contributed by atoms with E-state index < -0.39 is 23.7 Å². The molecule has 0 heterocycles. The molecule has 0 aromatic heterocycles. The summed E-state index contributed by atoms with van der Waals surface area (Å²) >= 11 is 0. The predicted molar refractivity (Wildman–Crippen MR) is 139 cm³/mol. The van der Waals surface area contributed by atoms with Gasteiger partial charge in [-0.15, -0.1) is 13.2 Å². The van der Waals surface area contributed by atoms with Crippen molar-refractivity contribution >= 4 is 10.8 Å². The van der Waals surface area contributed by atoms with Gasteiger partial charge >= 0.3 is 6.36 Å². The molecular weight excluding hydrogens is 495 g/mol. The highest BCUT2D eigenvalue weighted by atomic mass is 19.4. The zero-order valence-electron chi connectivity index (χ0n) is 20.6. The Morgan fingerprint density at radius 2 is 1.37 bits per heavy atom. The van der Waals surface area contributed by atoms with Crippen LogP contribution in [0.3, 0.4) is 0 Å². The SMILES string of the molecule is CCCCCc1ccc(C#Cc2ccc3c(F)c(C#Cc4ccc(OC(F)(F)F)c(F)c4)ccc3c2)cc1. The standard InChI is InChI=1S/C32H23F5O/c1-2-3-4-5-22-6-8-23(9-7-22)10-11-24-13-18-28-27(20-24)17-16-26(31(28)34)15-12-25-14-19-30(29(33)21-25)38-32(35,36)37/h6-9,13-14,16-21H,2-5H2,1H3. The molecule has 4 aromatic carbocycles. The summed E-state index contributed by atoms with van der Waals surface area (Å²) in [6.45, 7) is 2.18. The fourth-order valence-corrected chi connectivity index (χ4v) is 3.87. The number of aryl methyl sites for hydroxylation is 1. The Morgan fingerprint density at radius 3 is 2.08 bits per heavy atom. The maximum Gasteiger partial charge on any atom is 0.573 e. The summed E-state index contributed by atoms with van der Waals surface area (Å²) < 4.78 is 69.5. The van der Waals surface area contributed by atoms with Crippen molar-refractivity contribution in [2.45, 2.75) is 39.0 Å². The average molecular weight is 519 g/mol. The number of halogens is 5. The highest BCUT2D eigenvalue weighted by molar-refractivity contribution is 5.86. The minimum atomic E-state index is -5.01. The molecule has 0 N–H and O–H groups in total. The molecule has 4 rings (SSSR count). The first-order valence-corrected chi connectivity index (χ1v) is 12.1. The van der Waals surface area contributed by atoms with Crippen LogP contribution in [0, 0.1) is 35.3 Å². The van der Waals surface area contributed by atoms with Crippen molar-refractivity contribution in [3.8, 4) is 29.4 Å². The lowest BCUT2D eigenvalue weighted by Gasteiger charge is -2.09. The zero-order chi connectivity index (χ0) is 27.1. The molecule has 6 heteroatoms. The Morgan fingerprint density at radius 1 is 0.711 bits per heavy atom. The Labute approximate surface area is 218 Å². The fraction of sp³-hybridized carbons (Fsp3) is 0.188. The Kier molecular flexibility index (Phi) is 8.34. The van der Waals surface area contributed by atoms with Gasteiger partial charge in [0.2, 0.25) is 0 Å². The lowest BCUT2D eigenvalue weighted by molar-refractivity contribution is -0.275. The van der Waals surface area contributed by atoms with E-state index >= 15 is 4.39 Å². The molecule has 38 heavy (non-hydrogen) atoms. The Balaban J connectivity index is 1.50. The van der Waals surface area contributed by atoms with Crippen LogP contribution in [0.25, 0.3) is 10.8 Å². The lowest BCUT2D eigenvalue weighted by Crippen LogP contribution is -2.17. The number of benzene rings is 4. The van der Waals surface area contributed by atoms with Crippen LogP contribution in [-0.4, -0.2) is 6.36 Å². The highest BCUT2D eigenvalue weighted by Crippen LogP contribution is 2.26. The van der Waals surface area contributed by atoms with Crippen molar-refractivity contribution in [3.63, 3.8) is 0 Å². The number of unbranched alkanes of at least 4 members (excludes halogenated alkanes) is 2. The molecule has 4 aromatic rings. The number of hydrogen-bond acceptors (Lipinski definition) is 1. The van der Waals surface area contributed by atoms with Crippen LogP contribution in [0.4, 0.5) is 22.0 Å². The number of rotatable bonds is 5. The van der Waals surface area contributed by atoms with E-state index in [0.29, 0.717) is 10.8 Å². The molecule has 0 atom stereocenters. The lowest BCUT2D eigenvalue weighted by atomic mass is 10.0. The third-order valence-electron chi connectivity index (χ3n) is 5.83. The fourth-order valence-electron chi connectivity index (χ4n) is 3.87. The van der Waals surface area contributed by atoms with Gasteiger partial charge in [-0.25, -0.2) is 8.78 Å². The first kappa shape index (κ1) is 26.8. The Bertz CT molecular complexity index is 1560. The van der Waals surface area contributed by atoms with Gasteiger partial charge in [0.25, 0.3) is 0 Å². The van der Waals surface area contributed by atoms with Gasteiger partial charge in [-0.05, 0) is 72.3 Å². The first-order valence-electron chi connectivity index (χ1n) is 12.1. The van der Waals surface area contributed by atoms with Gasteiger partial charge in [-0.2, -0.15) is 0 Å². The molecule has 0 aliphatic heterocycles. The third-order valence-corrected chi connectivity index (χ3v) is 5.83. The molecular formula is C32H23F5O. The monoisotopic (exact) mass is 518 g/mol. The maximum atomic E-state index is 15.1. The van der Waals surface area contributed by atoms with Crippen molar-refractivity contribution in [2.75, 3.05) is 0 Å². The third kappa shape index (κ3) is 7.14. The normalized spacial score (nSPS) is 10.9. The summed E-state index contributed by atoms with van der Waals surface area (Å²) in [5.41, 5.74) is 3.08. The molecule has 0 saturated carbocycles. The molecule has 0 saturated heterocycles. The molecule has 1 nitrogen and oxygen atoms in total. The van der Waals surface area contributed by atoms with E-state index in [1.165, 1.54) is 37.0 Å². The maximum absolute atomic E-state index is 15.1. The molecule has 0 bridgehead atoms. The second kappa shape index (κ2) is 11.8. The molecule has 192 valence electrons. The van der Waals surface area contributed by atoms with Gasteiger partial charge in [-0.1, -0.05) is 67.7 Å². The van der Waals surface area contributed by atoms with Crippen molar-refractivity contribution in [2.24, 2.45) is 0 Å². The van der Waals surface area contributed by atoms with Gasteiger partial charge in [0, 0.05) is 22.1 Å². The predicted octanol–water partition coefficient (Wildman–Crippen LogP) is 8.55. The van der Waals surface area contributed by atoms with E-state index in [4.69, 9.17) is 0 Å². The summed E-state index contributed by atoms with van der Waals surface area (Å²) in [5, 5.41) is 0.990. The van der Waals surface area contributed by atoms with Crippen molar-refractivity contribution in [3.05, 3.63) is 112 Å². The summed E-state index contributed by atoms with van der Waals surface area (Å²) in [4.78, 5) is 0. The largest absolute Gasteiger partial charge is 0.573 e. The van der Waals surface area contributed by atoms with Crippen LogP contribution >= 0.6 is 0 Å². The molecule has 0 amide bonds. The van der Waals surface area contributed by atoms with Crippen molar-refractivity contribution in [1.29, 1.82) is 0 Å². The summed E-state index contributed by atoms with van der Waals surface area (Å²) in [5.74, 6) is 8.71. The number of ether oxygens (including phenoxy) is 1. The number of hydrogen-bond donors (Lipinski definition) is 0. The van der Waals surface area contributed by atoms with Gasteiger partial charge < -0.3 is 4.74 Å². The van der Waals surface area contributed by atoms with Crippen LogP contribution in [0.1, 0.15) is 54.0 Å². The van der Waals surface area contributed by atoms with Gasteiger partial charge in [0.15, 0.2) is 11.6 Å². The Hall–Kier alpha value is -4.29. The summed E-state index contributed by atoms with van der Waals surface area (Å²) in [7, 11) is 0. The zero-order valence-corrected chi connectivity index (χ0v) is 20.6. The molecule has 0 radical (unpaired) electrons. The van der Waals surface area contributed by atoms with Crippen molar-refractivity contribution in [1.82, 2.24) is 0 Å². The van der Waals surface area contributed by atoms with E-state index in [-0.39, 0.29) is 11.1 Å². The van der Waals surface area contributed by atoms with E-state index in [1.54, 1.807) is 24.3 Å². The van der Waals surface area contributed by atoms with E-state index in [0.717, 1.165) is 29.7 Å². The number of fused-ring (bicyclic) bond motifs is 1. The van der Waals surface area contributed by atoms with E-state index in [1.807, 2.05) is 12.1 Å². The second-order valence-electron chi connectivity index (χ2n) is 8.71. The molecule has 0 unspecified atom stereocenters. The van der Waals surface area contributed by atoms with Crippen LogP contribution in [0.15, 0.2) is 72.8 Å². The summed E-state index contributed by atoms with van der Waals surface area (Å²) in [6.07, 6.45) is -0.362. The average Bonchev–Trinajstić information content (AvgIpc) is 2.89. The van der Waals surface area contributed by atoms with Crippen LogP contribution in [0.2, 0.25) is 0 Å². The summed E-state index contributed by atoms with van der Waals surface area (Å²) in [6, 6.07) is 19.3. The molecule has 0 aliphatic carbocycles. The smallest absolute Gasteiger partial charge is 0.403 e. The van der Waals surface area contributed by atoms with Gasteiger partial charge in [0.1, 0.15) is 5.82 Å². The second-order valence-corrected chi connectivity index (χ2v) is 8.71. The number of alkyl halides is 3. The van der Waals surface area contributed by atoms with Crippen LogP contribution < -0.4 is 4.74 Å². The topological polar surface area (TPSA) is 9.23 Å². The van der Waals surface area contributed by atoms with Crippen LogP contribution in [0.5, 0.6) is 5.75 Å². The molecule has 0 fully saturated rings. The highest BCUT2D eigenvalue weighted by Gasteiger charge is 2.32. The van der Waals surface area contributed by atoms with Crippen molar-refractivity contribution < 1.29 is 26.7 Å². The van der Waals surface area contributed by atoms with Crippen LogP contribution in [-0.2, 0) is 6.42 Å². The minimum absolute atomic E-state index is 0.0754. The first-order chi connectivity index (χ1) is 18.2. The quantitative estimate of drug-likeness (QED) is 0.146. The van der Waals surface area contributed by atoms with Gasteiger partial charge in [-0.3, -0.25) is 0 Å². The minimum Gasteiger partial charge on any atom is -0.403 e. The molecule has 0 aliphatic rings. The van der Waals surface area contributed by atoms with E-state index in [9.17, 15) is 17.6 Å². The van der Waals surface area contributed by atoms with Gasteiger partial charge in [0.05, 0.1) is 5.56 Å².